The molecule has 1 aromatic heterocycles. The molecule has 0 saturated carbocycles. The third-order valence-corrected chi connectivity index (χ3v) is 2.20. The molecule has 1 heterocycles. The first kappa shape index (κ1) is 10.2. The predicted molar refractivity (Wildman–Crippen MR) is 56.0 cm³/mol. The van der Waals surface area contributed by atoms with E-state index in [1.165, 1.54) is 12.4 Å². The van der Waals surface area contributed by atoms with Crippen LogP contribution in [0.3, 0.4) is 0 Å². The molecule has 0 aliphatic heterocycles. The van der Waals surface area contributed by atoms with Gasteiger partial charge in [0.2, 0.25) is 0 Å². The highest BCUT2D eigenvalue weighted by Gasteiger charge is 2.37. The minimum atomic E-state index is -2.29. The molecule has 4 heteroatoms. The van der Waals surface area contributed by atoms with Crippen molar-refractivity contribution in [1.29, 1.82) is 5.26 Å². The summed E-state index contributed by atoms with van der Waals surface area (Å²) in [5, 5.41) is 8.99. The van der Waals surface area contributed by atoms with Crippen molar-refractivity contribution in [2.75, 3.05) is 0 Å². The summed E-state index contributed by atoms with van der Waals surface area (Å²) in [5.74, 6) is -0.135. The molecular formula is C12H8FN3. The molecule has 0 saturated heterocycles. The number of hydrogen-bond acceptors (Lipinski definition) is 3. The number of rotatable bonds is 2. The summed E-state index contributed by atoms with van der Waals surface area (Å²) in [6, 6.07) is 11.4. The predicted octanol–water partition coefficient (Wildman–Crippen LogP) is 2.21. The van der Waals surface area contributed by atoms with Crippen LogP contribution >= 0.6 is 0 Å². The number of alkyl halides is 1. The average Bonchev–Trinajstić information content (AvgIpc) is 2.40. The van der Waals surface area contributed by atoms with Crippen molar-refractivity contribution in [3.05, 3.63) is 60.2 Å². The number of nitriles is 1. The molecule has 0 aliphatic rings. The van der Waals surface area contributed by atoms with E-state index >= 15 is 0 Å². The molecular weight excluding hydrogens is 205 g/mol. The Morgan fingerprint density at radius 2 is 1.69 bits per heavy atom. The molecule has 16 heavy (non-hydrogen) atoms. The van der Waals surface area contributed by atoms with Crippen LogP contribution in [0.5, 0.6) is 0 Å². The number of benzene rings is 1. The summed E-state index contributed by atoms with van der Waals surface area (Å²) in [4.78, 5) is 7.58. The fourth-order valence-electron chi connectivity index (χ4n) is 1.39. The van der Waals surface area contributed by atoms with Crippen LogP contribution < -0.4 is 0 Å². The molecule has 1 atom stereocenters. The Kier molecular flexibility index (Phi) is 2.61. The summed E-state index contributed by atoms with van der Waals surface area (Å²) < 4.78 is 14.5. The first-order valence-electron chi connectivity index (χ1n) is 4.70. The minimum Gasteiger partial charge on any atom is -0.237 e. The summed E-state index contributed by atoms with van der Waals surface area (Å²) in [6.45, 7) is 0. The second-order valence-electron chi connectivity index (χ2n) is 3.21. The van der Waals surface area contributed by atoms with Crippen LogP contribution in [0.15, 0.2) is 48.8 Å². The van der Waals surface area contributed by atoms with Crippen LogP contribution in [0.4, 0.5) is 4.39 Å². The van der Waals surface area contributed by atoms with Crippen LogP contribution in [0.25, 0.3) is 0 Å². The average molecular weight is 213 g/mol. The van der Waals surface area contributed by atoms with Crippen LogP contribution in [0.1, 0.15) is 11.4 Å². The Hall–Kier alpha value is -2.28. The molecule has 0 amide bonds. The second-order valence-corrected chi connectivity index (χ2v) is 3.21. The SMILES string of the molecule is N#CC(F)(c1ccccc1)c1ncccn1. The van der Waals surface area contributed by atoms with Gasteiger partial charge < -0.3 is 0 Å². The van der Waals surface area contributed by atoms with Crippen LogP contribution in [-0.4, -0.2) is 9.97 Å². The zero-order valence-corrected chi connectivity index (χ0v) is 8.34. The van der Waals surface area contributed by atoms with Gasteiger partial charge in [-0.3, -0.25) is 0 Å². The minimum absolute atomic E-state index is 0.135. The smallest absolute Gasteiger partial charge is 0.237 e. The molecule has 2 rings (SSSR count). The molecule has 3 nitrogen and oxygen atoms in total. The zero-order chi connectivity index (χ0) is 11.4. The van der Waals surface area contributed by atoms with E-state index in [0.29, 0.717) is 0 Å². The van der Waals surface area contributed by atoms with Crippen LogP contribution in [-0.2, 0) is 5.67 Å². The highest BCUT2D eigenvalue weighted by Crippen LogP contribution is 2.30. The molecule has 0 radical (unpaired) electrons. The van der Waals surface area contributed by atoms with Gasteiger partial charge in [-0.2, -0.15) is 5.26 Å². The van der Waals surface area contributed by atoms with E-state index in [1.807, 2.05) is 0 Å². The standard InChI is InChI=1S/C12H8FN3/c13-12(9-14,10-5-2-1-3-6-10)11-15-7-4-8-16-11/h1-8H. The van der Waals surface area contributed by atoms with Gasteiger partial charge in [-0.25, -0.2) is 14.4 Å². The lowest BCUT2D eigenvalue weighted by molar-refractivity contribution is 0.287. The van der Waals surface area contributed by atoms with Gasteiger partial charge in [-0.1, -0.05) is 30.3 Å². The molecule has 78 valence electrons. The van der Waals surface area contributed by atoms with Gasteiger partial charge in [0.05, 0.1) is 0 Å². The van der Waals surface area contributed by atoms with Gasteiger partial charge in [0.15, 0.2) is 5.82 Å². The van der Waals surface area contributed by atoms with Gasteiger partial charge in [0.25, 0.3) is 5.67 Å². The maximum absolute atomic E-state index is 14.5. The van der Waals surface area contributed by atoms with E-state index in [1.54, 1.807) is 42.5 Å². The van der Waals surface area contributed by atoms with E-state index in [9.17, 15) is 4.39 Å². The number of aromatic nitrogens is 2. The fourth-order valence-corrected chi connectivity index (χ4v) is 1.39. The van der Waals surface area contributed by atoms with Gasteiger partial charge >= 0.3 is 0 Å². The Balaban J connectivity index is 2.55. The largest absolute Gasteiger partial charge is 0.279 e. The van der Waals surface area contributed by atoms with Crippen molar-refractivity contribution >= 4 is 0 Å². The van der Waals surface area contributed by atoms with E-state index in [4.69, 9.17) is 5.26 Å². The van der Waals surface area contributed by atoms with Crippen LogP contribution in [0.2, 0.25) is 0 Å². The van der Waals surface area contributed by atoms with Gasteiger partial charge in [-0.15, -0.1) is 0 Å². The Morgan fingerprint density at radius 1 is 1.06 bits per heavy atom. The van der Waals surface area contributed by atoms with E-state index in [2.05, 4.69) is 9.97 Å². The normalized spacial score (nSPS) is 13.8. The summed E-state index contributed by atoms with van der Waals surface area (Å²) in [5.41, 5.74) is -2.05. The summed E-state index contributed by atoms with van der Waals surface area (Å²) >= 11 is 0. The molecule has 0 aliphatic carbocycles. The van der Waals surface area contributed by atoms with Crippen molar-refractivity contribution in [2.24, 2.45) is 0 Å². The highest BCUT2D eigenvalue weighted by atomic mass is 19.1. The van der Waals surface area contributed by atoms with Crippen molar-refractivity contribution in [3.8, 4) is 6.07 Å². The topological polar surface area (TPSA) is 49.6 Å². The monoisotopic (exact) mass is 213 g/mol. The van der Waals surface area contributed by atoms with Crippen LogP contribution in [0, 0.1) is 11.3 Å². The molecule has 1 unspecified atom stereocenters. The maximum atomic E-state index is 14.5. The first-order chi connectivity index (χ1) is 7.77. The molecule has 0 N–H and O–H groups in total. The quantitative estimate of drug-likeness (QED) is 0.768. The Labute approximate surface area is 92.2 Å². The number of nitrogens with zero attached hydrogens (tertiary/aromatic N) is 3. The lowest BCUT2D eigenvalue weighted by Gasteiger charge is -2.15. The van der Waals surface area contributed by atoms with Gasteiger partial charge in [-0.05, 0) is 6.07 Å². The van der Waals surface area contributed by atoms with Crippen molar-refractivity contribution in [3.63, 3.8) is 0 Å². The summed E-state index contributed by atoms with van der Waals surface area (Å²) in [6.07, 6.45) is 2.83. The third kappa shape index (κ3) is 1.63. The lowest BCUT2D eigenvalue weighted by Crippen LogP contribution is -2.22. The van der Waals surface area contributed by atoms with Crippen molar-refractivity contribution in [1.82, 2.24) is 9.97 Å². The van der Waals surface area contributed by atoms with E-state index < -0.39 is 5.67 Å². The highest BCUT2D eigenvalue weighted by molar-refractivity contribution is 5.36. The molecule has 2 aromatic rings. The Morgan fingerprint density at radius 3 is 2.25 bits per heavy atom. The molecule has 0 fully saturated rings. The van der Waals surface area contributed by atoms with Crippen molar-refractivity contribution < 1.29 is 4.39 Å². The Bertz CT molecular complexity index is 465. The third-order valence-electron chi connectivity index (χ3n) is 2.20. The number of halogens is 1. The van der Waals surface area contributed by atoms with Gasteiger partial charge in [0, 0.05) is 18.0 Å². The van der Waals surface area contributed by atoms with E-state index in [-0.39, 0.29) is 11.4 Å². The van der Waals surface area contributed by atoms with Gasteiger partial charge in [0.1, 0.15) is 6.07 Å². The zero-order valence-electron chi connectivity index (χ0n) is 8.34. The lowest BCUT2D eigenvalue weighted by atomic mass is 9.96. The second kappa shape index (κ2) is 4.07. The van der Waals surface area contributed by atoms with Crippen molar-refractivity contribution in [2.45, 2.75) is 5.67 Å². The number of hydrogen-bond donors (Lipinski definition) is 0. The molecule has 0 spiro atoms. The first-order valence-corrected chi connectivity index (χ1v) is 4.70. The fraction of sp³-hybridized carbons (Fsp3) is 0.0833. The molecule has 0 bridgehead atoms. The summed E-state index contributed by atoms with van der Waals surface area (Å²) in [7, 11) is 0. The molecule has 1 aromatic carbocycles. The van der Waals surface area contributed by atoms with E-state index in [0.717, 1.165) is 0 Å². The maximum Gasteiger partial charge on any atom is 0.279 e.